The van der Waals surface area contributed by atoms with Crippen molar-refractivity contribution in [3.05, 3.63) is 65.9 Å². The average molecular weight is 411 g/mol. The van der Waals surface area contributed by atoms with Gasteiger partial charge < -0.3 is 10.1 Å². The molecule has 5 nitrogen and oxygen atoms in total. The summed E-state index contributed by atoms with van der Waals surface area (Å²) in [5.41, 5.74) is -0.655. The monoisotopic (exact) mass is 411 g/mol. The molecule has 1 aromatic heterocycles. The number of halogens is 5. The molecule has 0 aliphatic rings. The van der Waals surface area contributed by atoms with E-state index >= 15 is 0 Å². The normalized spacial score (nSPS) is 11.6. The van der Waals surface area contributed by atoms with Crippen molar-refractivity contribution in [2.24, 2.45) is 7.05 Å². The number of carbonyl (C=O) groups excluding carboxylic acids is 1. The van der Waals surface area contributed by atoms with E-state index in [0.29, 0.717) is 0 Å². The summed E-state index contributed by atoms with van der Waals surface area (Å²) in [5, 5.41) is 6.34. The Bertz CT molecular complexity index is 1030. The Kier molecular flexibility index (Phi) is 5.53. The summed E-state index contributed by atoms with van der Waals surface area (Å²) >= 11 is 0. The number of aryl methyl sites for hydroxylation is 1. The lowest BCUT2D eigenvalue weighted by Gasteiger charge is -2.13. The number of nitrogens with one attached hydrogen (secondary N) is 1. The lowest BCUT2D eigenvalue weighted by molar-refractivity contribution is -0.137. The second-order valence-electron chi connectivity index (χ2n) is 5.94. The maximum atomic E-state index is 12.9. The first-order chi connectivity index (χ1) is 13.7. The highest BCUT2D eigenvalue weighted by Crippen LogP contribution is 2.34. The SMILES string of the molecule is Cn1ncc(C(=O)Nc2cccc(C(F)(F)F)c2)c1-c1ccccc1OC(F)F. The van der Waals surface area contributed by atoms with Crippen molar-refractivity contribution in [3.8, 4) is 17.0 Å². The Hall–Kier alpha value is -3.43. The third-order valence-electron chi connectivity index (χ3n) is 3.99. The Morgan fingerprint density at radius 2 is 1.86 bits per heavy atom. The maximum absolute atomic E-state index is 12.9. The first-order valence-corrected chi connectivity index (χ1v) is 8.21. The topological polar surface area (TPSA) is 56.2 Å². The Morgan fingerprint density at radius 3 is 2.55 bits per heavy atom. The number of rotatable bonds is 5. The van der Waals surface area contributed by atoms with E-state index < -0.39 is 24.3 Å². The molecular formula is C19H14F5N3O2. The van der Waals surface area contributed by atoms with Gasteiger partial charge in [0.2, 0.25) is 0 Å². The van der Waals surface area contributed by atoms with Gasteiger partial charge in [0.15, 0.2) is 0 Å². The summed E-state index contributed by atoms with van der Waals surface area (Å²) in [6, 6.07) is 9.96. The lowest BCUT2D eigenvalue weighted by Crippen LogP contribution is -2.14. The summed E-state index contributed by atoms with van der Waals surface area (Å²) in [6.07, 6.45) is -3.37. The second-order valence-corrected chi connectivity index (χ2v) is 5.94. The van der Waals surface area contributed by atoms with E-state index in [4.69, 9.17) is 0 Å². The lowest BCUT2D eigenvalue weighted by atomic mass is 10.1. The molecule has 0 saturated carbocycles. The van der Waals surface area contributed by atoms with Crippen molar-refractivity contribution in [2.75, 3.05) is 5.32 Å². The molecule has 0 unspecified atom stereocenters. The number of benzene rings is 2. The molecule has 0 spiro atoms. The molecule has 1 amide bonds. The number of hydrogen-bond donors (Lipinski definition) is 1. The standard InChI is InChI=1S/C19H14F5N3O2/c1-27-16(13-7-2-3-8-15(13)29-18(20)21)14(10-25-27)17(28)26-12-6-4-5-11(9-12)19(22,23)24/h2-10,18H,1H3,(H,26,28). The predicted molar refractivity (Wildman–Crippen MR) is 94.7 cm³/mol. The van der Waals surface area contributed by atoms with Gasteiger partial charge in [-0.05, 0) is 30.3 Å². The Labute approximate surface area is 161 Å². The van der Waals surface area contributed by atoms with E-state index in [1.54, 1.807) is 6.07 Å². The van der Waals surface area contributed by atoms with E-state index in [1.165, 1.54) is 42.2 Å². The summed E-state index contributed by atoms with van der Waals surface area (Å²) in [6.45, 7) is -3.08. The Morgan fingerprint density at radius 1 is 1.14 bits per heavy atom. The highest BCUT2D eigenvalue weighted by atomic mass is 19.4. The zero-order chi connectivity index (χ0) is 21.2. The maximum Gasteiger partial charge on any atom is 0.416 e. The van der Waals surface area contributed by atoms with Gasteiger partial charge in [0.25, 0.3) is 5.91 Å². The smallest absolute Gasteiger partial charge is 0.416 e. The van der Waals surface area contributed by atoms with E-state index in [9.17, 15) is 26.7 Å². The van der Waals surface area contributed by atoms with Crippen LogP contribution in [0.3, 0.4) is 0 Å². The molecule has 2 aromatic carbocycles. The number of amides is 1. The highest BCUT2D eigenvalue weighted by molar-refractivity contribution is 6.08. The quantitative estimate of drug-likeness (QED) is 0.604. The minimum atomic E-state index is -4.56. The van der Waals surface area contributed by atoms with E-state index in [1.807, 2.05) is 0 Å². The van der Waals surface area contributed by atoms with Gasteiger partial charge in [0, 0.05) is 18.3 Å². The minimum absolute atomic E-state index is 0.0183. The van der Waals surface area contributed by atoms with Crippen LogP contribution >= 0.6 is 0 Å². The number of aromatic nitrogens is 2. The molecule has 0 radical (unpaired) electrons. The molecule has 3 aromatic rings. The number of nitrogens with zero attached hydrogens (tertiary/aromatic N) is 2. The summed E-state index contributed by atoms with van der Waals surface area (Å²) < 4.78 is 69.8. The van der Waals surface area contributed by atoms with Gasteiger partial charge in [-0.15, -0.1) is 0 Å². The van der Waals surface area contributed by atoms with Gasteiger partial charge in [-0.1, -0.05) is 18.2 Å². The summed E-state index contributed by atoms with van der Waals surface area (Å²) in [7, 11) is 1.50. The second kappa shape index (κ2) is 7.90. The number of carbonyl (C=O) groups is 1. The largest absolute Gasteiger partial charge is 0.434 e. The molecular weight excluding hydrogens is 397 g/mol. The number of ether oxygens (including phenoxy) is 1. The van der Waals surface area contributed by atoms with Gasteiger partial charge in [-0.3, -0.25) is 9.48 Å². The van der Waals surface area contributed by atoms with Gasteiger partial charge in [0.1, 0.15) is 5.75 Å². The van der Waals surface area contributed by atoms with Gasteiger partial charge in [-0.25, -0.2) is 0 Å². The molecule has 1 N–H and O–H groups in total. The van der Waals surface area contributed by atoms with Crippen molar-refractivity contribution in [2.45, 2.75) is 12.8 Å². The van der Waals surface area contributed by atoms with Gasteiger partial charge >= 0.3 is 12.8 Å². The summed E-state index contributed by atoms with van der Waals surface area (Å²) in [4.78, 5) is 12.7. The highest BCUT2D eigenvalue weighted by Gasteiger charge is 2.30. The molecule has 0 aliphatic heterocycles. The van der Waals surface area contributed by atoms with Crippen LogP contribution in [-0.4, -0.2) is 22.3 Å². The first kappa shape index (κ1) is 20.3. The van der Waals surface area contributed by atoms with Crippen molar-refractivity contribution in [1.82, 2.24) is 9.78 Å². The van der Waals surface area contributed by atoms with E-state index in [0.717, 1.165) is 18.2 Å². The van der Waals surface area contributed by atoms with Crippen LogP contribution in [0.2, 0.25) is 0 Å². The van der Waals surface area contributed by atoms with Crippen LogP contribution in [0.15, 0.2) is 54.7 Å². The van der Waals surface area contributed by atoms with Gasteiger partial charge in [-0.2, -0.15) is 27.1 Å². The summed E-state index contributed by atoms with van der Waals surface area (Å²) in [5.74, 6) is -0.918. The molecule has 0 fully saturated rings. The van der Waals surface area contributed by atoms with E-state index in [2.05, 4.69) is 15.2 Å². The van der Waals surface area contributed by atoms with Crippen LogP contribution < -0.4 is 10.1 Å². The fraction of sp³-hybridized carbons (Fsp3) is 0.158. The van der Waals surface area contributed by atoms with Crippen LogP contribution in [0.1, 0.15) is 15.9 Å². The minimum Gasteiger partial charge on any atom is -0.434 e. The number of para-hydroxylation sites is 1. The average Bonchev–Trinajstić information content (AvgIpc) is 3.03. The van der Waals surface area contributed by atoms with Crippen molar-refractivity contribution >= 4 is 11.6 Å². The van der Waals surface area contributed by atoms with Crippen molar-refractivity contribution in [1.29, 1.82) is 0 Å². The van der Waals surface area contributed by atoms with Gasteiger partial charge in [0.05, 0.1) is 23.0 Å². The van der Waals surface area contributed by atoms with E-state index in [-0.39, 0.29) is 28.3 Å². The van der Waals surface area contributed by atoms with Crippen molar-refractivity contribution < 1.29 is 31.5 Å². The third kappa shape index (κ3) is 4.53. The molecule has 29 heavy (non-hydrogen) atoms. The zero-order valence-corrected chi connectivity index (χ0v) is 14.9. The third-order valence-corrected chi connectivity index (χ3v) is 3.99. The van der Waals surface area contributed by atoms with Crippen LogP contribution in [0.25, 0.3) is 11.3 Å². The molecule has 10 heteroatoms. The Balaban J connectivity index is 1.96. The molecule has 0 saturated heterocycles. The molecule has 0 atom stereocenters. The van der Waals surface area contributed by atoms with Crippen molar-refractivity contribution in [3.63, 3.8) is 0 Å². The fourth-order valence-electron chi connectivity index (χ4n) is 2.76. The molecule has 3 rings (SSSR count). The molecule has 0 bridgehead atoms. The molecule has 152 valence electrons. The van der Waals surface area contributed by atoms with Crippen LogP contribution in [-0.2, 0) is 13.2 Å². The molecule has 0 aliphatic carbocycles. The van der Waals surface area contributed by atoms with Crippen LogP contribution in [0, 0.1) is 0 Å². The fourth-order valence-corrected chi connectivity index (χ4v) is 2.76. The zero-order valence-electron chi connectivity index (χ0n) is 14.9. The number of hydrogen-bond acceptors (Lipinski definition) is 3. The number of alkyl halides is 5. The van der Waals surface area contributed by atoms with Crippen LogP contribution in [0.5, 0.6) is 5.75 Å². The molecule has 1 heterocycles. The van der Waals surface area contributed by atoms with Crippen LogP contribution in [0.4, 0.5) is 27.6 Å². The predicted octanol–water partition coefficient (Wildman–Crippen LogP) is 4.96. The number of anilines is 1. The first-order valence-electron chi connectivity index (χ1n) is 8.21.